The Hall–Kier alpha value is -3.02. The molecule has 2 atom stereocenters. The molecule has 2 heterocycles. The van der Waals surface area contributed by atoms with Gasteiger partial charge in [0, 0.05) is 17.7 Å². The van der Waals surface area contributed by atoms with Crippen molar-refractivity contribution in [2.45, 2.75) is 25.1 Å². The molecular weight excluding hydrogens is 308 g/mol. The summed E-state index contributed by atoms with van der Waals surface area (Å²) in [7, 11) is 0. The van der Waals surface area contributed by atoms with Gasteiger partial charge >= 0.3 is 12.0 Å². The fourth-order valence-corrected chi connectivity index (χ4v) is 3.47. The van der Waals surface area contributed by atoms with E-state index in [-0.39, 0.29) is 17.6 Å². The van der Waals surface area contributed by atoms with Crippen molar-refractivity contribution in [3.63, 3.8) is 0 Å². The number of nitrogens with zero attached hydrogens (tertiary/aromatic N) is 1. The van der Waals surface area contributed by atoms with Crippen LogP contribution in [0.15, 0.2) is 48.5 Å². The van der Waals surface area contributed by atoms with E-state index in [9.17, 15) is 9.59 Å². The third-order valence-corrected chi connectivity index (χ3v) is 4.55. The van der Waals surface area contributed by atoms with Crippen LogP contribution in [0.2, 0.25) is 0 Å². The van der Waals surface area contributed by atoms with E-state index < -0.39 is 11.7 Å². The fourth-order valence-electron chi connectivity index (χ4n) is 3.47. The minimum Gasteiger partial charge on any atom is -0.478 e. The Morgan fingerprint density at radius 2 is 1.96 bits per heavy atom. The predicted molar refractivity (Wildman–Crippen MR) is 87.2 cm³/mol. The van der Waals surface area contributed by atoms with E-state index >= 15 is 0 Å². The van der Waals surface area contributed by atoms with Crippen LogP contribution in [0.3, 0.4) is 0 Å². The zero-order valence-corrected chi connectivity index (χ0v) is 13.0. The molecule has 0 unspecified atom stereocenters. The summed E-state index contributed by atoms with van der Waals surface area (Å²) >= 11 is 0. The van der Waals surface area contributed by atoms with Gasteiger partial charge in [-0.1, -0.05) is 18.2 Å². The van der Waals surface area contributed by atoms with Gasteiger partial charge in [0.05, 0.1) is 11.6 Å². The number of ether oxygens (including phenoxy) is 1. The van der Waals surface area contributed by atoms with Crippen LogP contribution in [0.25, 0.3) is 0 Å². The van der Waals surface area contributed by atoms with Crippen LogP contribution in [0, 0.1) is 0 Å². The summed E-state index contributed by atoms with van der Waals surface area (Å²) in [6.45, 7) is 1.87. The average molecular weight is 324 g/mol. The van der Waals surface area contributed by atoms with Crippen LogP contribution in [0.5, 0.6) is 5.75 Å². The number of rotatable bonds is 2. The third-order valence-electron chi connectivity index (χ3n) is 4.55. The van der Waals surface area contributed by atoms with Gasteiger partial charge in [0.15, 0.2) is 5.72 Å². The number of hydrogen-bond acceptors (Lipinski definition) is 3. The molecular formula is C18H16N2O4. The number of amides is 2. The number of carbonyl (C=O) groups is 2. The van der Waals surface area contributed by atoms with Crippen molar-refractivity contribution in [1.82, 2.24) is 5.32 Å². The van der Waals surface area contributed by atoms with Crippen molar-refractivity contribution < 1.29 is 19.4 Å². The van der Waals surface area contributed by atoms with Crippen molar-refractivity contribution >= 4 is 17.7 Å². The van der Waals surface area contributed by atoms with Gasteiger partial charge in [-0.25, -0.2) is 9.59 Å². The molecule has 2 amide bonds. The monoisotopic (exact) mass is 324 g/mol. The number of carboxylic acid groups (broad SMARTS) is 1. The molecule has 0 spiro atoms. The molecule has 0 aromatic heterocycles. The summed E-state index contributed by atoms with van der Waals surface area (Å²) in [6, 6.07) is 13.5. The maximum atomic E-state index is 12.7. The maximum Gasteiger partial charge on any atom is 0.335 e. The first-order valence-corrected chi connectivity index (χ1v) is 7.70. The van der Waals surface area contributed by atoms with Gasteiger partial charge in [0.2, 0.25) is 0 Å². The van der Waals surface area contributed by atoms with Crippen LogP contribution in [0.4, 0.5) is 10.5 Å². The minimum atomic E-state index is -1.00. The van der Waals surface area contributed by atoms with E-state index in [1.54, 1.807) is 17.0 Å². The number of urea groups is 1. The molecule has 2 bridgehead atoms. The summed E-state index contributed by atoms with van der Waals surface area (Å²) in [5.74, 6) is -0.248. The van der Waals surface area contributed by atoms with Gasteiger partial charge in [0.1, 0.15) is 5.75 Å². The molecule has 2 aromatic carbocycles. The normalized spacial score (nSPS) is 24.6. The first kappa shape index (κ1) is 14.6. The Kier molecular flexibility index (Phi) is 3.03. The molecule has 2 aliphatic heterocycles. The van der Waals surface area contributed by atoms with Gasteiger partial charge < -0.3 is 15.2 Å². The molecule has 0 aliphatic carbocycles. The number of hydrogen-bond donors (Lipinski definition) is 2. The SMILES string of the molecule is C[C@@]12C[C@H](NC(=O)N1c1ccc(C(=O)O)cc1)c1ccccc1O2. The number of benzene rings is 2. The molecule has 1 fully saturated rings. The number of para-hydroxylation sites is 1. The highest BCUT2D eigenvalue weighted by molar-refractivity contribution is 5.95. The standard InChI is InChI=1S/C18H16N2O4/c1-18-10-14(13-4-2-3-5-15(13)24-18)19-17(23)20(18)12-8-6-11(7-9-12)16(21)22/h2-9,14H,10H2,1H3,(H,19,23)(H,21,22)/t14-,18+/m0/s1. The maximum absolute atomic E-state index is 12.7. The van der Waals surface area contributed by atoms with Crippen LogP contribution in [-0.4, -0.2) is 22.8 Å². The molecule has 2 N–H and O–H groups in total. The largest absolute Gasteiger partial charge is 0.478 e. The van der Waals surface area contributed by atoms with Crippen molar-refractivity contribution in [2.24, 2.45) is 0 Å². The number of carboxylic acids is 1. The summed E-state index contributed by atoms with van der Waals surface area (Å²) in [6.07, 6.45) is 0.608. The molecule has 0 radical (unpaired) electrons. The lowest BCUT2D eigenvalue weighted by molar-refractivity contribution is 0.0379. The number of nitrogens with one attached hydrogen (secondary N) is 1. The Morgan fingerprint density at radius 3 is 2.67 bits per heavy atom. The molecule has 6 heteroatoms. The first-order chi connectivity index (χ1) is 11.5. The van der Waals surface area contributed by atoms with E-state index in [4.69, 9.17) is 9.84 Å². The molecule has 24 heavy (non-hydrogen) atoms. The summed E-state index contributed by atoms with van der Waals surface area (Å²) in [5.41, 5.74) is 0.919. The Balaban J connectivity index is 1.75. The Labute approximate surface area is 138 Å². The zero-order chi connectivity index (χ0) is 16.9. The summed E-state index contributed by atoms with van der Waals surface area (Å²) in [4.78, 5) is 25.2. The van der Waals surface area contributed by atoms with E-state index in [0.717, 1.165) is 11.3 Å². The molecule has 6 nitrogen and oxygen atoms in total. The van der Waals surface area contributed by atoms with Crippen molar-refractivity contribution in [1.29, 1.82) is 0 Å². The summed E-state index contributed by atoms with van der Waals surface area (Å²) < 4.78 is 6.15. The second-order valence-corrected chi connectivity index (χ2v) is 6.21. The van der Waals surface area contributed by atoms with Gasteiger partial charge in [-0.15, -0.1) is 0 Å². The van der Waals surface area contributed by atoms with Gasteiger partial charge in [-0.2, -0.15) is 0 Å². The summed E-state index contributed by atoms with van der Waals surface area (Å²) in [5, 5.41) is 12.0. The van der Waals surface area contributed by atoms with E-state index in [1.165, 1.54) is 12.1 Å². The number of fused-ring (bicyclic) bond motifs is 4. The molecule has 2 aromatic rings. The van der Waals surface area contributed by atoms with E-state index in [2.05, 4.69) is 5.32 Å². The molecule has 1 saturated heterocycles. The van der Waals surface area contributed by atoms with Crippen LogP contribution in [-0.2, 0) is 0 Å². The second-order valence-electron chi connectivity index (χ2n) is 6.21. The lowest BCUT2D eigenvalue weighted by atomic mass is 9.90. The highest BCUT2D eigenvalue weighted by atomic mass is 16.5. The van der Waals surface area contributed by atoms with Gasteiger partial charge in [-0.3, -0.25) is 4.90 Å². The molecule has 4 rings (SSSR count). The smallest absolute Gasteiger partial charge is 0.335 e. The van der Waals surface area contributed by atoms with Crippen molar-refractivity contribution in [2.75, 3.05) is 4.90 Å². The Morgan fingerprint density at radius 1 is 1.25 bits per heavy atom. The van der Waals surface area contributed by atoms with Crippen LogP contribution < -0.4 is 15.0 Å². The van der Waals surface area contributed by atoms with Gasteiger partial charge in [0.25, 0.3) is 0 Å². The lowest BCUT2D eigenvalue weighted by Crippen LogP contribution is -2.65. The van der Waals surface area contributed by atoms with Crippen LogP contribution in [0.1, 0.15) is 35.3 Å². The highest BCUT2D eigenvalue weighted by Gasteiger charge is 2.49. The molecule has 122 valence electrons. The van der Waals surface area contributed by atoms with Gasteiger partial charge in [-0.05, 0) is 37.3 Å². The minimum absolute atomic E-state index is 0.0954. The number of aromatic carboxylic acids is 1. The topological polar surface area (TPSA) is 78.9 Å². The van der Waals surface area contributed by atoms with Crippen molar-refractivity contribution in [3.05, 3.63) is 59.7 Å². The van der Waals surface area contributed by atoms with E-state index in [1.807, 2.05) is 31.2 Å². The second kappa shape index (κ2) is 4.99. The number of carbonyl (C=O) groups excluding carboxylic acids is 1. The average Bonchev–Trinajstić information content (AvgIpc) is 2.54. The van der Waals surface area contributed by atoms with Crippen LogP contribution >= 0.6 is 0 Å². The quantitative estimate of drug-likeness (QED) is 0.889. The Bertz CT molecular complexity index is 833. The zero-order valence-electron chi connectivity index (χ0n) is 13.0. The fraction of sp³-hybridized carbons (Fsp3) is 0.222. The predicted octanol–water partition coefficient (Wildman–Crippen LogP) is 3.15. The first-order valence-electron chi connectivity index (χ1n) is 7.70. The van der Waals surface area contributed by atoms with E-state index in [0.29, 0.717) is 12.1 Å². The lowest BCUT2D eigenvalue weighted by Gasteiger charge is -2.50. The molecule has 2 aliphatic rings. The number of anilines is 1. The van der Waals surface area contributed by atoms with Crippen molar-refractivity contribution in [3.8, 4) is 5.75 Å². The highest BCUT2D eigenvalue weighted by Crippen LogP contribution is 2.45. The molecule has 0 saturated carbocycles. The third kappa shape index (κ3) is 2.11.